The SMILES string of the molecule is CCCC(C)Cn1cnc2c1c(=O)n(CCCCc1cc(C)no1)c(=O)n2C. The molecule has 0 N–H and O–H groups in total. The zero-order chi connectivity index (χ0) is 20.3. The van der Waals surface area contributed by atoms with Gasteiger partial charge in [-0.25, -0.2) is 9.78 Å². The second kappa shape index (κ2) is 8.58. The summed E-state index contributed by atoms with van der Waals surface area (Å²) < 4.78 is 9.90. The van der Waals surface area contributed by atoms with Gasteiger partial charge in [-0.2, -0.15) is 0 Å². The largest absolute Gasteiger partial charge is 0.361 e. The van der Waals surface area contributed by atoms with Gasteiger partial charge in [0.1, 0.15) is 5.76 Å². The maximum absolute atomic E-state index is 13.1. The Bertz CT molecular complexity index is 1060. The van der Waals surface area contributed by atoms with E-state index in [-0.39, 0.29) is 11.2 Å². The van der Waals surface area contributed by atoms with Crippen molar-refractivity contribution in [1.29, 1.82) is 0 Å². The predicted molar refractivity (Wildman–Crippen MR) is 107 cm³/mol. The van der Waals surface area contributed by atoms with E-state index in [4.69, 9.17) is 4.52 Å². The Hall–Kier alpha value is -2.64. The van der Waals surface area contributed by atoms with Gasteiger partial charge < -0.3 is 9.09 Å². The molecule has 0 fully saturated rings. The Labute approximate surface area is 163 Å². The third kappa shape index (κ3) is 4.10. The van der Waals surface area contributed by atoms with Crippen LogP contribution in [0, 0.1) is 12.8 Å². The van der Waals surface area contributed by atoms with E-state index < -0.39 is 0 Å². The zero-order valence-electron chi connectivity index (χ0n) is 17.1. The van der Waals surface area contributed by atoms with Crippen LogP contribution >= 0.6 is 0 Å². The van der Waals surface area contributed by atoms with Gasteiger partial charge in [-0.1, -0.05) is 25.4 Å². The van der Waals surface area contributed by atoms with Crippen molar-refractivity contribution in [3.05, 3.63) is 44.7 Å². The number of hydrogen-bond donors (Lipinski definition) is 0. The third-order valence-corrected chi connectivity index (χ3v) is 5.12. The van der Waals surface area contributed by atoms with Crippen LogP contribution in [0.3, 0.4) is 0 Å². The fourth-order valence-corrected chi connectivity index (χ4v) is 3.68. The molecule has 0 bridgehead atoms. The topological polar surface area (TPSA) is 87.8 Å². The van der Waals surface area contributed by atoms with Gasteiger partial charge in [0.15, 0.2) is 11.2 Å². The van der Waals surface area contributed by atoms with Crippen molar-refractivity contribution in [2.45, 2.75) is 66.0 Å². The normalized spacial score (nSPS) is 12.7. The fraction of sp³-hybridized carbons (Fsp3) is 0.600. The van der Waals surface area contributed by atoms with Crippen molar-refractivity contribution in [2.75, 3.05) is 0 Å². The van der Waals surface area contributed by atoms with Crippen molar-refractivity contribution in [3.8, 4) is 0 Å². The molecular weight excluding hydrogens is 358 g/mol. The van der Waals surface area contributed by atoms with E-state index in [1.807, 2.05) is 17.6 Å². The van der Waals surface area contributed by atoms with Crippen LogP contribution in [0.25, 0.3) is 11.2 Å². The average Bonchev–Trinajstić information content (AvgIpc) is 3.26. The molecule has 152 valence electrons. The number of fused-ring (bicyclic) bond motifs is 1. The third-order valence-electron chi connectivity index (χ3n) is 5.12. The van der Waals surface area contributed by atoms with E-state index in [0.717, 1.165) is 43.7 Å². The van der Waals surface area contributed by atoms with Gasteiger partial charge in [-0.15, -0.1) is 0 Å². The van der Waals surface area contributed by atoms with E-state index in [1.165, 1.54) is 9.13 Å². The maximum atomic E-state index is 13.1. The van der Waals surface area contributed by atoms with Gasteiger partial charge >= 0.3 is 5.69 Å². The molecule has 8 nitrogen and oxygen atoms in total. The molecule has 8 heteroatoms. The van der Waals surface area contributed by atoms with Gasteiger partial charge in [0.25, 0.3) is 5.56 Å². The molecular formula is C20H29N5O3. The summed E-state index contributed by atoms with van der Waals surface area (Å²) in [7, 11) is 1.67. The summed E-state index contributed by atoms with van der Waals surface area (Å²) in [4.78, 5) is 30.0. The molecule has 0 saturated heterocycles. The highest BCUT2D eigenvalue weighted by atomic mass is 16.5. The lowest BCUT2D eigenvalue weighted by atomic mass is 10.1. The molecule has 0 amide bonds. The molecule has 0 aliphatic carbocycles. The zero-order valence-corrected chi connectivity index (χ0v) is 17.1. The molecule has 0 radical (unpaired) electrons. The molecule has 1 unspecified atom stereocenters. The van der Waals surface area contributed by atoms with Crippen LogP contribution in [0.5, 0.6) is 0 Å². The second-order valence-corrected chi connectivity index (χ2v) is 7.65. The quantitative estimate of drug-likeness (QED) is 0.527. The Balaban J connectivity index is 1.81. The minimum atomic E-state index is -0.320. The predicted octanol–water partition coefficient (Wildman–Crippen LogP) is 2.65. The van der Waals surface area contributed by atoms with E-state index in [0.29, 0.717) is 30.0 Å². The summed E-state index contributed by atoms with van der Waals surface area (Å²) in [5.74, 6) is 1.27. The summed E-state index contributed by atoms with van der Waals surface area (Å²) in [6.07, 6.45) is 6.12. The highest BCUT2D eigenvalue weighted by Crippen LogP contribution is 2.13. The molecule has 0 aliphatic rings. The van der Waals surface area contributed by atoms with Crippen LogP contribution in [-0.2, 0) is 26.6 Å². The molecule has 3 aromatic heterocycles. The number of unbranched alkanes of at least 4 members (excludes halogenated alkanes) is 1. The Morgan fingerprint density at radius 3 is 2.71 bits per heavy atom. The summed E-state index contributed by atoms with van der Waals surface area (Å²) in [5.41, 5.74) is 1.24. The second-order valence-electron chi connectivity index (χ2n) is 7.65. The van der Waals surface area contributed by atoms with E-state index in [9.17, 15) is 9.59 Å². The molecule has 3 rings (SSSR count). The van der Waals surface area contributed by atoms with Gasteiger partial charge in [0, 0.05) is 32.6 Å². The molecule has 0 saturated carbocycles. The summed E-state index contributed by atoms with van der Waals surface area (Å²) in [5, 5.41) is 3.87. The van der Waals surface area contributed by atoms with Gasteiger partial charge in [-0.3, -0.25) is 13.9 Å². The van der Waals surface area contributed by atoms with Crippen molar-refractivity contribution >= 4 is 11.2 Å². The highest BCUT2D eigenvalue weighted by molar-refractivity contribution is 5.69. The van der Waals surface area contributed by atoms with Crippen LogP contribution < -0.4 is 11.2 Å². The smallest absolute Gasteiger partial charge is 0.332 e. The molecule has 3 aromatic rings. The molecule has 0 aromatic carbocycles. The van der Waals surface area contributed by atoms with Crippen LogP contribution in [0.15, 0.2) is 26.5 Å². The number of hydrogen-bond acceptors (Lipinski definition) is 5. The van der Waals surface area contributed by atoms with Gasteiger partial charge in [-0.05, 0) is 32.1 Å². The Kier molecular flexibility index (Phi) is 6.16. The van der Waals surface area contributed by atoms with E-state index in [2.05, 4.69) is 24.0 Å². The molecule has 3 heterocycles. The first kappa shape index (κ1) is 20.1. The maximum Gasteiger partial charge on any atom is 0.332 e. The molecule has 1 atom stereocenters. The average molecular weight is 387 g/mol. The number of rotatable bonds is 9. The standard InChI is InChI=1S/C20H29N5O3/c1-5-8-14(2)12-24-13-21-18-17(24)19(26)25(20(27)23(18)4)10-7-6-9-16-11-15(3)22-28-16/h11,13-14H,5-10,12H2,1-4H3. The summed E-state index contributed by atoms with van der Waals surface area (Å²) in [6.45, 7) is 7.31. The molecule has 0 spiro atoms. The lowest BCUT2D eigenvalue weighted by Gasteiger charge is -2.13. The molecule has 28 heavy (non-hydrogen) atoms. The molecule has 0 aliphatic heterocycles. The van der Waals surface area contributed by atoms with Crippen LogP contribution in [0.4, 0.5) is 0 Å². The van der Waals surface area contributed by atoms with Gasteiger partial charge in [0.2, 0.25) is 0 Å². The van der Waals surface area contributed by atoms with Gasteiger partial charge in [0.05, 0.1) is 12.0 Å². The number of imidazole rings is 1. The van der Waals surface area contributed by atoms with E-state index in [1.54, 1.807) is 13.4 Å². The van der Waals surface area contributed by atoms with Crippen LogP contribution in [0.1, 0.15) is 51.0 Å². The Morgan fingerprint density at radius 2 is 2.04 bits per heavy atom. The fourth-order valence-electron chi connectivity index (χ4n) is 3.68. The number of aromatic nitrogens is 5. The van der Waals surface area contributed by atoms with Crippen molar-refractivity contribution in [2.24, 2.45) is 13.0 Å². The Morgan fingerprint density at radius 1 is 1.25 bits per heavy atom. The monoisotopic (exact) mass is 387 g/mol. The first-order chi connectivity index (χ1) is 13.4. The van der Waals surface area contributed by atoms with Crippen LogP contribution in [0.2, 0.25) is 0 Å². The van der Waals surface area contributed by atoms with Crippen molar-refractivity contribution in [3.63, 3.8) is 0 Å². The summed E-state index contributed by atoms with van der Waals surface area (Å²) in [6, 6.07) is 1.91. The minimum Gasteiger partial charge on any atom is -0.361 e. The lowest BCUT2D eigenvalue weighted by Crippen LogP contribution is -2.39. The van der Waals surface area contributed by atoms with Crippen molar-refractivity contribution < 1.29 is 4.52 Å². The first-order valence-electron chi connectivity index (χ1n) is 9.99. The number of nitrogens with zero attached hydrogens (tertiary/aromatic N) is 5. The first-order valence-corrected chi connectivity index (χ1v) is 9.99. The highest BCUT2D eigenvalue weighted by Gasteiger charge is 2.17. The minimum absolute atomic E-state index is 0.255. The lowest BCUT2D eigenvalue weighted by molar-refractivity contribution is 0.374. The number of aryl methyl sites for hydroxylation is 3. The van der Waals surface area contributed by atoms with Crippen molar-refractivity contribution in [1.82, 2.24) is 23.8 Å². The van der Waals surface area contributed by atoms with E-state index >= 15 is 0 Å². The van der Waals surface area contributed by atoms with Crippen LogP contribution in [-0.4, -0.2) is 23.8 Å². The summed E-state index contributed by atoms with van der Waals surface area (Å²) >= 11 is 0.